The van der Waals surface area contributed by atoms with Crippen LogP contribution >= 0.6 is 0 Å². The van der Waals surface area contributed by atoms with Crippen molar-refractivity contribution in [3.8, 4) is 17.2 Å². The first-order valence-electron chi connectivity index (χ1n) is 17.6. The summed E-state index contributed by atoms with van der Waals surface area (Å²) < 4.78 is 41.1. The molecule has 0 amide bonds. The summed E-state index contributed by atoms with van der Waals surface area (Å²) in [6.45, 7) is 29.5. The Labute approximate surface area is 300 Å². The Bertz CT molecular complexity index is 1560. The van der Waals surface area contributed by atoms with E-state index in [9.17, 15) is 19.0 Å². The highest BCUT2D eigenvalue weighted by Crippen LogP contribution is 2.49. The third-order valence-corrected chi connectivity index (χ3v) is 9.33. The standard InChI is InChI=1S/C43H61F2NO4/c1-25(2)17-35(46-24-26-18-29(44)23-34(45)36(26)47)43(48,27-19-30(39(3,4)5)37(49-15)31(20-27)40(6,7)8)28-21-32(41(9,10)11)38(50-16)33(22-28)42(12,13)14/h18-25,35,47-48H,17H2,1-16H3. The number of methoxy groups -OCH3 is 2. The van der Waals surface area contributed by atoms with E-state index in [1.807, 2.05) is 38.1 Å². The van der Waals surface area contributed by atoms with Crippen molar-refractivity contribution >= 4 is 6.21 Å². The summed E-state index contributed by atoms with van der Waals surface area (Å²) in [5.74, 6) is -1.03. The summed E-state index contributed by atoms with van der Waals surface area (Å²) in [5, 5.41) is 24.4. The van der Waals surface area contributed by atoms with E-state index in [1.54, 1.807) is 14.2 Å². The van der Waals surface area contributed by atoms with E-state index in [4.69, 9.17) is 14.5 Å². The molecule has 0 radical (unpaired) electrons. The summed E-state index contributed by atoms with van der Waals surface area (Å²) in [4.78, 5) is 4.92. The summed E-state index contributed by atoms with van der Waals surface area (Å²) >= 11 is 0. The third-order valence-electron chi connectivity index (χ3n) is 9.33. The molecule has 0 fully saturated rings. The quantitative estimate of drug-likeness (QED) is 0.219. The zero-order chi connectivity index (χ0) is 38.4. The average Bonchev–Trinajstić information content (AvgIpc) is 2.97. The number of halogens is 2. The summed E-state index contributed by atoms with van der Waals surface area (Å²) in [6.07, 6.45) is 1.69. The monoisotopic (exact) mass is 693 g/mol. The van der Waals surface area contributed by atoms with Crippen LogP contribution in [0.15, 0.2) is 41.4 Å². The Kier molecular flexibility index (Phi) is 11.7. The van der Waals surface area contributed by atoms with Crippen LogP contribution in [0.3, 0.4) is 0 Å². The maximum absolute atomic E-state index is 14.5. The van der Waals surface area contributed by atoms with Gasteiger partial charge in [-0.1, -0.05) is 96.9 Å². The van der Waals surface area contributed by atoms with E-state index in [1.165, 1.54) is 6.21 Å². The molecule has 5 nitrogen and oxygen atoms in total. The van der Waals surface area contributed by atoms with Crippen LogP contribution in [-0.4, -0.2) is 36.7 Å². The fourth-order valence-corrected chi connectivity index (χ4v) is 6.56. The van der Waals surface area contributed by atoms with Gasteiger partial charge in [-0.3, -0.25) is 4.99 Å². The van der Waals surface area contributed by atoms with Gasteiger partial charge in [-0.25, -0.2) is 8.78 Å². The van der Waals surface area contributed by atoms with Crippen LogP contribution in [0, 0.1) is 17.6 Å². The van der Waals surface area contributed by atoms with E-state index in [2.05, 4.69) is 83.1 Å². The number of hydrogen-bond donors (Lipinski definition) is 2. The Hall–Kier alpha value is -3.45. The maximum Gasteiger partial charge on any atom is 0.168 e. The van der Waals surface area contributed by atoms with Crippen LogP contribution in [0.2, 0.25) is 0 Å². The van der Waals surface area contributed by atoms with Gasteiger partial charge < -0.3 is 19.7 Å². The van der Waals surface area contributed by atoms with Crippen molar-refractivity contribution in [2.75, 3.05) is 14.2 Å². The normalized spacial score (nSPS) is 14.1. The maximum atomic E-state index is 14.5. The molecule has 7 heteroatoms. The van der Waals surface area contributed by atoms with Gasteiger partial charge in [0.25, 0.3) is 0 Å². The second kappa shape index (κ2) is 14.3. The molecule has 2 N–H and O–H groups in total. The number of ether oxygens (including phenoxy) is 2. The van der Waals surface area contributed by atoms with E-state index < -0.39 is 29.0 Å². The molecule has 0 bridgehead atoms. The second-order valence-corrected chi connectivity index (χ2v) is 18.2. The molecule has 1 atom stereocenters. The Balaban J connectivity index is 2.68. The van der Waals surface area contributed by atoms with Crippen LogP contribution in [-0.2, 0) is 27.3 Å². The SMILES string of the molecule is COc1c(C(C)(C)C)cc(C(O)(c2cc(C(C)(C)C)c(OC)c(C(C)(C)C)c2)C(CC(C)C)N=Cc2cc(F)cc(F)c2O)cc1C(C)(C)C. The Morgan fingerprint density at radius 1 is 0.660 bits per heavy atom. The highest BCUT2D eigenvalue weighted by molar-refractivity contribution is 5.83. The molecule has 0 aliphatic carbocycles. The zero-order valence-electron chi connectivity index (χ0n) is 33.3. The second-order valence-electron chi connectivity index (χ2n) is 18.2. The van der Waals surface area contributed by atoms with Crippen molar-refractivity contribution in [2.45, 2.75) is 137 Å². The number of nitrogens with zero attached hydrogens (tertiary/aromatic N) is 1. The molecule has 0 spiro atoms. The molecular weight excluding hydrogens is 632 g/mol. The van der Waals surface area contributed by atoms with Crippen molar-refractivity contribution in [1.82, 2.24) is 0 Å². The first-order valence-corrected chi connectivity index (χ1v) is 17.6. The molecule has 3 aromatic rings. The molecule has 3 aromatic carbocycles. The van der Waals surface area contributed by atoms with Crippen molar-refractivity contribution < 1.29 is 28.5 Å². The lowest BCUT2D eigenvalue weighted by molar-refractivity contribution is 0.0447. The van der Waals surface area contributed by atoms with Crippen molar-refractivity contribution in [3.05, 3.63) is 87.0 Å². The fraction of sp³-hybridized carbons (Fsp3) is 0.558. The summed E-state index contributed by atoms with van der Waals surface area (Å²) in [5.41, 5.74) is 1.63. The largest absolute Gasteiger partial charge is 0.504 e. The molecule has 3 rings (SSSR count). The van der Waals surface area contributed by atoms with Gasteiger partial charge in [0, 0.05) is 40.1 Å². The van der Waals surface area contributed by atoms with Gasteiger partial charge in [0.1, 0.15) is 22.9 Å². The van der Waals surface area contributed by atoms with Crippen LogP contribution in [0.1, 0.15) is 142 Å². The van der Waals surface area contributed by atoms with E-state index >= 15 is 0 Å². The molecule has 0 heterocycles. The molecule has 0 aliphatic heterocycles. The number of phenolic OH excluding ortho intramolecular Hbond substituents is 1. The van der Waals surface area contributed by atoms with E-state index in [0.717, 1.165) is 39.8 Å². The molecule has 50 heavy (non-hydrogen) atoms. The van der Waals surface area contributed by atoms with Gasteiger partial charge in [-0.15, -0.1) is 0 Å². The van der Waals surface area contributed by atoms with E-state index in [0.29, 0.717) is 23.6 Å². The van der Waals surface area contributed by atoms with Crippen LogP contribution in [0.5, 0.6) is 17.2 Å². The molecular formula is C43H61F2NO4. The third kappa shape index (κ3) is 8.53. The number of benzene rings is 3. The number of phenols is 1. The first kappa shape index (κ1) is 41.0. The van der Waals surface area contributed by atoms with Crippen molar-refractivity contribution in [2.24, 2.45) is 10.9 Å². The number of aromatic hydroxyl groups is 1. The lowest BCUT2D eigenvalue weighted by Crippen LogP contribution is -2.42. The molecule has 0 saturated heterocycles. The van der Waals surface area contributed by atoms with Gasteiger partial charge in [0.2, 0.25) is 0 Å². The highest BCUT2D eigenvalue weighted by Gasteiger charge is 2.44. The van der Waals surface area contributed by atoms with Crippen molar-refractivity contribution in [3.63, 3.8) is 0 Å². The highest BCUT2D eigenvalue weighted by atomic mass is 19.1. The van der Waals surface area contributed by atoms with Gasteiger partial charge in [-0.2, -0.15) is 0 Å². The minimum Gasteiger partial charge on any atom is -0.504 e. The van der Waals surface area contributed by atoms with Gasteiger partial charge in [-0.05, 0) is 75.5 Å². The number of aliphatic imine (C=N–C) groups is 1. The molecule has 0 aliphatic rings. The fourth-order valence-electron chi connectivity index (χ4n) is 6.56. The topological polar surface area (TPSA) is 71.3 Å². The lowest BCUT2D eigenvalue weighted by atomic mass is 9.70. The minimum atomic E-state index is -1.76. The van der Waals surface area contributed by atoms with Gasteiger partial charge in [0.15, 0.2) is 11.6 Å². The number of hydrogen-bond acceptors (Lipinski definition) is 5. The Morgan fingerprint density at radius 2 is 1.02 bits per heavy atom. The van der Waals surface area contributed by atoms with Gasteiger partial charge in [0.05, 0.1) is 20.3 Å². The predicted octanol–water partition coefficient (Wildman–Crippen LogP) is 10.6. The smallest absolute Gasteiger partial charge is 0.168 e. The minimum absolute atomic E-state index is 0.0614. The molecule has 276 valence electrons. The van der Waals surface area contributed by atoms with E-state index in [-0.39, 0.29) is 33.1 Å². The zero-order valence-corrected chi connectivity index (χ0v) is 33.3. The first-order chi connectivity index (χ1) is 22.7. The van der Waals surface area contributed by atoms with Gasteiger partial charge >= 0.3 is 0 Å². The summed E-state index contributed by atoms with van der Waals surface area (Å²) in [6, 6.07) is 8.91. The molecule has 1 unspecified atom stereocenters. The Morgan fingerprint density at radius 3 is 1.32 bits per heavy atom. The lowest BCUT2D eigenvalue weighted by Gasteiger charge is -2.40. The average molecular weight is 694 g/mol. The number of rotatable bonds is 9. The predicted molar refractivity (Wildman–Crippen MR) is 203 cm³/mol. The van der Waals surface area contributed by atoms with Crippen LogP contribution < -0.4 is 9.47 Å². The number of aliphatic hydroxyl groups is 1. The van der Waals surface area contributed by atoms with Crippen molar-refractivity contribution in [1.29, 1.82) is 0 Å². The molecule has 0 saturated carbocycles. The summed E-state index contributed by atoms with van der Waals surface area (Å²) in [7, 11) is 3.35. The van der Waals surface area contributed by atoms with Crippen LogP contribution in [0.25, 0.3) is 0 Å². The van der Waals surface area contributed by atoms with Crippen LogP contribution in [0.4, 0.5) is 8.78 Å². The molecule has 0 aromatic heterocycles.